The molecule has 2 aliphatic carbocycles. The molecule has 3 fully saturated rings. The van der Waals surface area contributed by atoms with Crippen molar-refractivity contribution in [1.82, 2.24) is 25.2 Å². The van der Waals surface area contributed by atoms with E-state index in [-0.39, 0.29) is 24.5 Å². The van der Waals surface area contributed by atoms with Gasteiger partial charge in [0.1, 0.15) is 12.4 Å². The smallest absolute Gasteiger partial charge is 0.229 e. The summed E-state index contributed by atoms with van der Waals surface area (Å²) in [6.07, 6.45) is 7.41. The molecule has 0 unspecified atom stereocenters. The lowest BCUT2D eigenvalue weighted by molar-refractivity contribution is -0.125. The minimum Gasteiger partial charge on any atom is -0.495 e. The Morgan fingerprint density at radius 1 is 1.26 bits per heavy atom. The van der Waals surface area contributed by atoms with E-state index >= 15 is 0 Å². The highest BCUT2D eigenvalue weighted by atomic mass is 32.1. The summed E-state index contributed by atoms with van der Waals surface area (Å²) in [4.78, 5) is 29.1. The third kappa shape index (κ3) is 5.51. The Morgan fingerprint density at radius 3 is 2.79 bits per heavy atom. The molecular weight excluding hydrogens is 516 g/mol. The number of rotatable bonds is 8. The van der Waals surface area contributed by atoms with Crippen LogP contribution in [-0.2, 0) is 16.1 Å². The second kappa shape index (κ2) is 11.4. The molecule has 3 N–H and O–H groups in total. The number of thiazole rings is 1. The number of carbonyl (C=O) groups excluding carboxylic acids is 1. The summed E-state index contributed by atoms with van der Waals surface area (Å²) in [5.41, 5.74) is 2.45. The molecule has 1 amide bonds. The van der Waals surface area contributed by atoms with E-state index in [4.69, 9.17) is 9.47 Å². The number of carbonyl (C=O) groups is 1. The Hall–Kier alpha value is -2.70. The lowest BCUT2D eigenvalue weighted by Crippen LogP contribution is -2.58. The lowest BCUT2D eigenvalue weighted by Gasteiger charge is -2.47. The predicted octanol–water partition coefficient (Wildman–Crippen LogP) is 3.20. The SMILES string of the molecule is COc1c(-c2cnc(CO[C@H]3CCC[C@@H]3O)nc2)ccc2nc(NC(=O)[C@H]3C[C@@H](N4CCNC[C@@H]4C)C3)sc12. The number of nitrogens with zero attached hydrogens (tertiary/aromatic N) is 4. The van der Waals surface area contributed by atoms with Crippen molar-refractivity contribution in [3.63, 3.8) is 0 Å². The first-order valence-electron chi connectivity index (χ1n) is 13.9. The van der Waals surface area contributed by atoms with Crippen molar-refractivity contribution in [3.8, 4) is 16.9 Å². The normalized spacial score (nSPS) is 27.4. The zero-order chi connectivity index (χ0) is 26.9. The molecule has 0 spiro atoms. The molecular formula is C28H36N6O4S. The van der Waals surface area contributed by atoms with E-state index in [1.54, 1.807) is 19.5 Å². The highest BCUT2D eigenvalue weighted by Crippen LogP contribution is 2.41. The molecule has 1 aliphatic heterocycles. The average molecular weight is 553 g/mol. The molecule has 2 aromatic heterocycles. The van der Waals surface area contributed by atoms with Crippen LogP contribution in [0.4, 0.5) is 5.13 Å². The number of anilines is 1. The molecule has 6 rings (SSSR count). The number of fused-ring (bicyclic) bond motifs is 1. The first kappa shape index (κ1) is 26.5. The van der Waals surface area contributed by atoms with E-state index in [0.29, 0.717) is 28.8 Å². The zero-order valence-corrected chi connectivity index (χ0v) is 23.2. The maximum atomic E-state index is 13.0. The Bertz CT molecular complexity index is 1310. The molecule has 3 aliphatic rings. The molecule has 39 heavy (non-hydrogen) atoms. The standard InChI is InChI=1S/C28H36N6O4S/c1-16-12-29-8-9-34(16)19-10-17(11-19)27(36)33-28-32-21-7-6-20(25(37-2)26(21)39-28)18-13-30-24(31-14-18)15-38-23-5-3-4-22(23)35/h6-7,13-14,16-17,19,22-23,29,35H,3-5,8-12,15H2,1-2H3,(H,32,33,36)/t16-,17-,19+,22-,23-/m0/s1. The van der Waals surface area contributed by atoms with Gasteiger partial charge in [-0.1, -0.05) is 11.3 Å². The van der Waals surface area contributed by atoms with Crippen molar-refractivity contribution in [3.05, 3.63) is 30.4 Å². The summed E-state index contributed by atoms with van der Waals surface area (Å²) in [5.74, 6) is 1.33. The summed E-state index contributed by atoms with van der Waals surface area (Å²) in [5, 5.41) is 17.0. The van der Waals surface area contributed by atoms with E-state index in [9.17, 15) is 9.90 Å². The first-order chi connectivity index (χ1) is 19.0. The molecule has 2 saturated carbocycles. The molecule has 3 heterocycles. The van der Waals surface area contributed by atoms with E-state index < -0.39 is 6.10 Å². The van der Waals surface area contributed by atoms with Gasteiger partial charge in [-0.2, -0.15) is 0 Å². The van der Waals surface area contributed by atoms with E-state index in [2.05, 4.69) is 37.4 Å². The predicted molar refractivity (Wildman–Crippen MR) is 150 cm³/mol. The van der Waals surface area contributed by atoms with Gasteiger partial charge in [-0.05, 0) is 51.2 Å². The van der Waals surface area contributed by atoms with Gasteiger partial charge in [0.05, 0.1) is 29.5 Å². The molecule has 1 saturated heterocycles. The summed E-state index contributed by atoms with van der Waals surface area (Å²) in [6.45, 7) is 5.60. The van der Waals surface area contributed by atoms with Crippen molar-refractivity contribution < 1.29 is 19.4 Å². The lowest BCUT2D eigenvalue weighted by atomic mass is 9.78. The zero-order valence-electron chi connectivity index (χ0n) is 22.4. The van der Waals surface area contributed by atoms with Crippen molar-refractivity contribution in [2.75, 3.05) is 32.1 Å². The fourth-order valence-corrected chi connectivity index (χ4v) is 6.97. The van der Waals surface area contributed by atoms with Crippen LogP contribution in [0, 0.1) is 5.92 Å². The van der Waals surface area contributed by atoms with Gasteiger partial charge in [0.15, 0.2) is 11.0 Å². The van der Waals surface area contributed by atoms with Gasteiger partial charge in [-0.3, -0.25) is 9.69 Å². The van der Waals surface area contributed by atoms with E-state index in [0.717, 1.165) is 73.1 Å². The third-order valence-electron chi connectivity index (χ3n) is 8.31. The molecule has 0 bridgehead atoms. The quantitative estimate of drug-likeness (QED) is 0.387. The van der Waals surface area contributed by atoms with E-state index in [1.165, 1.54) is 11.3 Å². The summed E-state index contributed by atoms with van der Waals surface area (Å²) in [6, 6.07) is 4.88. The molecule has 1 aromatic carbocycles. The molecule has 11 heteroatoms. The number of hydrogen-bond acceptors (Lipinski definition) is 10. The highest BCUT2D eigenvalue weighted by molar-refractivity contribution is 7.22. The fraction of sp³-hybridized carbons (Fsp3) is 0.571. The summed E-state index contributed by atoms with van der Waals surface area (Å²) in [7, 11) is 1.64. The van der Waals surface area contributed by atoms with Crippen LogP contribution in [0.1, 0.15) is 44.9 Å². The fourth-order valence-electron chi connectivity index (χ4n) is 5.98. The number of aromatic nitrogens is 3. The van der Waals surface area contributed by atoms with Crippen molar-refractivity contribution >= 4 is 32.6 Å². The molecule has 10 nitrogen and oxygen atoms in total. The van der Waals surface area contributed by atoms with Crippen LogP contribution in [0.15, 0.2) is 24.5 Å². The molecule has 3 aromatic rings. The maximum absolute atomic E-state index is 13.0. The highest BCUT2D eigenvalue weighted by Gasteiger charge is 2.40. The van der Waals surface area contributed by atoms with Crippen LogP contribution in [0.25, 0.3) is 21.3 Å². The van der Waals surface area contributed by atoms with Crippen LogP contribution in [0.2, 0.25) is 0 Å². The Morgan fingerprint density at radius 2 is 2.08 bits per heavy atom. The van der Waals surface area contributed by atoms with Gasteiger partial charge in [0, 0.05) is 61.2 Å². The number of piperazine rings is 1. The van der Waals surface area contributed by atoms with Crippen LogP contribution >= 0.6 is 11.3 Å². The van der Waals surface area contributed by atoms with Gasteiger partial charge in [-0.15, -0.1) is 0 Å². The molecule has 0 radical (unpaired) electrons. The Labute approximate surface area is 232 Å². The monoisotopic (exact) mass is 552 g/mol. The second-order valence-corrected chi connectivity index (χ2v) is 11.9. The summed E-state index contributed by atoms with van der Waals surface area (Å²) < 4.78 is 12.5. The Kier molecular flexibility index (Phi) is 7.77. The largest absolute Gasteiger partial charge is 0.495 e. The van der Waals surface area contributed by atoms with Gasteiger partial charge in [0.2, 0.25) is 5.91 Å². The van der Waals surface area contributed by atoms with Gasteiger partial charge in [0.25, 0.3) is 0 Å². The molecule has 208 valence electrons. The van der Waals surface area contributed by atoms with Crippen LogP contribution < -0.4 is 15.4 Å². The van der Waals surface area contributed by atoms with Crippen molar-refractivity contribution in [1.29, 1.82) is 0 Å². The van der Waals surface area contributed by atoms with Gasteiger partial charge < -0.3 is 25.2 Å². The number of ether oxygens (including phenoxy) is 2. The van der Waals surface area contributed by atoms with Crippen LogP contribution in [-0.4, -0.2) is 81.9 Å². The van der Waals surface area contributed by atoms with Crippen LogP contribution in [0.5, 0.6) is 5.75 Å². The maximum Gasteiger partial charge on any atom is 0.229 e. The van der Waals surface area contributed by atoms with Crippen molar-refractivity contribution in [2.24, 2.45) is 5.92 Å². The van der Waals surface area contributed by atoms with E-state index in [1.807, 2.05) is 12.1 Å². The number of methoxy groups -OCH3 is 1. The average Bonchev–Trinajstić information content (AvgIpc) is 3.52. The Balaban J connectivity index is 1.11. The van der Waals surface area contributed by atoms with Crippen molar-refractivity contribution in [2.45, 2.75) is 69.9 Å². The number of benzene rings is 1. The minimum absolute atomic E-state index is 0.0260. The first-order valence-corrected chi connectivity index (χ1v) is 14.7. The van der Waals surface area contributed by atoms with Crippen LogP contribution in [0.3, 0.4) is 0 Å². The van der Waals surface area contributed by atoms with Gasteiger partial charge >= 0.3 is 0 Å². The third-order valence-corrected chi connectivity index (χ3v) is 9.30. The number of hydrogen-bond donors (Lipinski definition) is 3. The molecule has 3 atom stereocenters. The minimum atomic E-state index is -0.402. The second-order valence-electron chi connectivity index (χ2n) is 10.9. The topological polar surface area (TPSA) is 122 Å². The van der Waals surface area contributed by atoms with Gasteiger partial charge in [-0.25, -0.2) is 15.0 Å². The number of amides is 1. The summed E-state index contributed by atoms with van der Waals surface area (Å²) >= 11 is 1.42. The number of aliphatic hydroxyl groups is 1. The number of aliphatic hydroxyl groups excluding tert-OH is 1. The number of nitrogens with one attached hydrogen (secondary N) is 2.